The van der Waals surface area contributed by atoms with Crippen molar-refractivity contribution < 1.29 is 0 Å². The molecule has 0 spiro atoms. The molecule has 0 unspecified atom stereocenters. The number of aryl methyl sites for hydroxylation is 6. The van der Waals surface area contributed by atoms with Crippen molar-refractivity contribution in [3.05, 3.63) is 179 Å². The number of hydrogen-bond acceptors (Lipinski definition) is 3. The van der Waals surface area contributed by atoms with Crippen molar-refractivity contribution in [1.29, 1.82) is 0 Å². The number of anilines is 3. The zero-order valence-electron chi connectivity index (χ0n) is 29.8. The summed E-state index contributed by atoms with van der Waals surface area (Å²) in [6, 6.07) is 47.7. The predicted octanol–water partition coefficient (Wildman–Crippen LogP) is 9.65. The topological polar surface area (TPSA) is 29.0 Å². The van der Waals surface area contributed by atoms with Crippen molar-refractivity contribution in [1.82, 2.24) is 9.97 Å². The van der Waals surface area contributed by atoms with E-state index in [4.69, 9.17) is 9.97 Å². The van der Waals surface area contributed by atoms with Crippen molar-refractivity contribution in [2.45, 2.75) is 41.5 Å². The highest BCUT2D eigenvalue weighted by Gasteiger charge is 2.29. The van der Waals surface area contributed by atoms with Gasteiger partial charge in [0.05, 0.1) is 23.8 Å². The lowest BCUT2D eigenvalue weighted by Gasteiger charge is -2.28. The lowest BCUT2D eigenvalue weighted by Crippen LogP contribution is -2.55. The first-order chi connectivity index (χ1) is 24.3. The lowest BCUT2D eigenvalue weighted by atomic mass is 9.34. The maximum Gasteiger partial charge on any atom is 0.242 e. The highest BCUT2D eigenvalue weighted by atomic mass is 15.2. The van der Waals surface area contributed by atoms with Crippen LogP contribution >= 0.6 is 0 Å². The first kappa shape index (κ1) is 32.8. The Morgan fingerprint density at radius 1 is 0.480 bits per heavy atom. The second-order valence-corrected chi connectivity index (χ2v) is 13.5. The highest BCUT2D eigenvalue weighted by molar-refractivity contribution is 6.96. The van der Waals surface area contributed by atoms with Gasteiger partial charge < -0.3 is 0 Å². The third-order valence-electron chi connectivity index (χ3n) is 9.70. The van der Waals surface area contributed by atoms with Crippen LogP contribution < -0.4 is 21.3 Å². The fourth-order valence-electron chi connectivity index (χ4n) is 7.71. The van der Waals surface area contributed by atoms with Gasteiger partial charge in [0, 0.05) is 16.8 Å². The number of para-hydroxylation sites is 1. The summed E-state index contributed by atoms with van der Waals surface area (Å²) in [6.45, 7) is 13.5. The zero-order valence-corrected chi connectivity index (χ0v) is 29.8. The van der Waals surface area contributed by atoms with Gasteiger partial charge in [0.1, 0.15) is 0 Å². The van der Waals surface area contributed by atoms with Crippen LogP contribution in [0.15, 0.2) is 146 Å². The van der Waals surface area contributed by atoms with Crippen molar-refractivity contribution >= 4 is 40.3 Å². The van der Waals surface area contributed by atoms with Crippen molar-refractivity contribution in [3.63, 3.8) is 0 Å². The van der Waals surface area contributed by atoms with Crippen LogP contribution in [0.4, 0.5) is 17.2 Å². The van der Waals surface area contributed by atoms with Crippen LogP contribution in [0.3, 0.4) is 0 Å². The standard InChI is InChI=1S/C46H42BN3/c1-31-25-33(3)45(34(4)26-31)47(46-35(5)27-32(2)28-36(46)6)39-21-23-40(24-22-39)50(43-20-14-13-19-41(43)37-15-9-7-10-16-37)44-30-48-42(29-49-44)38-17-11-8-12-18-38/h7-30H,1-6H3. The minimum atomic E-state index is 0.0975. The molecule has 0 fully saturated rings. The Kier molecular flexibility index (Phi) is 9.19. The summed E-state index contributed by atoms with van der Waals surface area (Å²) in [4.78, 5) is 12.1. The molecule has 0 saturated heterocycles. The van der Waals surface area contributed by atoms with Gasteiger partial charge in [0.2, 0.25) is 6.71 Å². The molecule has 1 aromatic heterocycles. The Bertz CT molecular complexity index is 2160. The molecule has 0 aliphatic rings. The average Bonchev–Trinajstić information content (AvgIpc) is 3.12. The molecule has 6 aromatic carbocycles. The Morgan fingerprint density at radius 2 is 0.980 bits per heavy atom. The first-order valence-corrected chi connectivity index (χ1v) is 17.4. The predicted molar refractivity (Wildman–Crippen MR) is 214 cm³/mol. The molecule has 244 valence electrons. The second-order valence-electron chi connectivity index (χ2n) is 13.5. The fourth-order valence-corrected chi connectivity index (χ4v) is 7.71. The van der Waals surface area contributed by atoms with Gasteiger partial charge in [-0.15, -0.1) is 0 Å². The molecule has 0 amide bonds. The molecule has 7 aromatic rings. The van der Waals surface area contributed by atoms with Crippen molar-refractivity contribution in [3.8, 4) is 22.4 Å². The van der Waals surface area contributed by atoms with E-state index in [9.17, 15) is 0 Å². The van der Waals surface area contributed by atoms with Gasteiger partial charge in [0.25, 0.3) is 0 Å². The molecule has 7 rings (SSSR count). The molecule has 0 N–H and O–H groups in total. The van der Waals surface area contributed by atoms with E-state index in [2.05, 4.69) is 162 Å². The van der Waals surface area contributed by atoms with Crippen molar-refractivity contribution in [2.75, 3.05) is 4.90 Å². The van der Waals surface area contributed by atoms with Crippen molar-refractivity contribution in [2.24, 2.45) is 0 Å². The van der Waals surface area contributed by atoms with E-state index >= 15 is 0 Å². The van der Waals surface area contributed by atoms with Crippen LogP contribution in [-0.4, -0.2) is 16.7 Å². The first-order valence-electron chi connectivity index (χ1n) is 17.4. The number of benzene rings is 6. The van der Waals surface area contributed by atoms with Crippen LogP contribution in [0.25, 0.3) is 22.4 Å². The maximum absolute atomic E-state index is 5.02. The number of aromatic nitrogens is 2. The Labute approximate surface area is 297 Å². The summed E-state index contributed by atoms with van der Waals surface area (Å²) in [6.07, 6.45) is 3.76. The molecule has 0 radical (unpaired) electrons. The van der Waals surface area contributed by atoms with Gasteiger partial charge >= 0.3 is 0 Å². The molecule has 50 heavy (non-hydrogen) atoms. The summed E-state index contributed by atoms with van der Waals surface area (Å²) in [5.74, 6) is 0.757. The molecule has 4 heteroatoms. The van der Waals surface area contributed by atoms with E-state index in [0.29, 0.717) is 0 Å². The lowest BCUT2D eigenvalue weighted by molar-refractivity contribution is 1.13. The summed E-state index contributed by atoms with van der Waals surface area (Å²) in [5.41, 5.74) is 18.1. The molecule has 3 nitrogen and oxygen atoms in total. The minimum absolute atomic E-state index is 0.0975. The molecule has 0 aliphatic carbocycles. The SMILES string of the molecule is Cc1cc(C)c(B(c2ccc(N(c3cnc(-c4ccccc4)cn3)c3ccccc3-c3ccccc3)cc2)c2c(C)cc(C)cc2C)c(C)c1. The number of hydrogen-bond donors (Lipinski definition) is 0. The summed E-state index contributed by atoms with van der Waals surface area (Å²) < 4.78 is 0. The van der Waals surface area contributed by atoms with E-state index in [1.165, 1.54) is 49.8 Å². The number of rotatable bonds is 8. The maximum atomic E-state index is 5.02. The smallest absolute Gasteiger partial charge is 0.242 e. The van der Waals surface area contributed by atoms with E-state index in [0.717, 1.165) is 39.6 Å². The second kappa shape index (κ2) is 14.0. The van der Waals surface area contributed by atoms with Crippen LogP contribution in [0, 0.1) is 41.5 Å². The van der Waals surface area contributed by atoms with E-state index < -0.39 is 0 Å². The Morgan fingerprint density at radius 3 is 1.50 bits per heavy atom. The molecule has 0 saturated carbocycles. The van der Waals surface area contributed by atoms with Crippen LogP contribution in [0.1, 0.15) is 33.4 Å². The fraction of sp³-hybridized carbons (Fsp3) is 0.130. The van der Waals surface area contributed by atoms with Gasteiger partial charge in [-0.1, -0.05) is 165 Å². The molecular weight excluding hydrogens is 605 g/mol. The third kappa shape index (κ3) is 6.49. The molecular formula is C46H42BN3. The molecule has 1 heterocycles. The minimum Gasteiger partial charge on any atom is -0.293 e. The Balaban J connectivity index is 1.39. The van der Waals surface area contributed by atoms with Gasteiger partial charge in [-0.25, -0.2) is 4.98 Å². The molecule has 0 atom stereocenters. The monoisotopic (exact) mass is 647 g/mol. The van der Waals surface area contributed by atoms with Gasteiger partial charge in [-0.3, -0.25) is 9.88 Å². The van der Waals surface area contributed by atoms with Gasteiger partial charge in [-0.05, 0) is 65.3 Å². The number of nitrogens with zero attached hydrogens (tertiary/aromatic N) is 3. The summed E-state index contributed by atoms with van der Waals surface area (Å²) >= 11 is 0. The van der Waals surface area contributed by atoms with E-state index in [-0.39, 0.29) is 6.71 Å². The van der Waals surface area contributed by atoms with E-state index in [1.807, 2.05) is 30.6 Å². The average molecular weight is 648 g/mol. The van der Waals surface area contributed by atoms with Crippen LogP contribution in [0.5, 0.6) is 0 Å². The van der Waals surface area contributed by atoms with E-state index in [1.54, 1.807) is 0 Å². The largest absolute Gasteiger partial charge is 0.293 e. The van der Waals surface area contributed by atoms with Gasteiger partial charge in [0.15, 0.2) is 5.82 Å². The molecule has 0 bridgehead atoms. The summed E-state index contributed by atoms with van der Waals surface area (Å²) in [5, 5.41) is 0. The Hall–Kier alpha value is -5.74. The zero-order chi connectivity index (χ0) is 34.8. The van der Waals surface area contributed by atoms with Gasteiger partial charge in [-0.2, -0.15) is 0 Å². The molecule has 0 aliphatic heterocycles. The normalized spacial score (nSPS) is 11.0. The third-order valence-corrected chi connectivity index (χ3v) is 9.70. The highest BCUT2D eigenvalue weighted by Crippen LogP contribution is 2.39. The van der Waals surface area contributed by atoms with Crippen LogP contribution in [-0.2, 0) is 0 Å². The quantitative estimate of drug-likeness (QED) is 0.154. The van der Waals surface area contributed by atoms with Crippen LogP contribution in [0.2, 0.25) is 0 Å². The summed E-state index contributed by atoms with van der Waals surface area (Å²) in [7, 11) is 0.